The number of hydrogen-bond acceptors (Lipinski definition) is 4. The number of aromatic nitrogens is 1. The molecular formula is C11H15F3N4O. The van der Waals surface area contributed by atoms with Crippen molar-refractivity contribution < 1.29 is 18.0 Å². The number of anilines is 2. The number of amides is 1. The first-order valence-electron chi connectivity index (χ1n) is 5.70. The molecule has 8 heteroatoms. The summed E-state index contributed by atoms with van der Waals surface area (Å²) in [5, 5.41) is 4.79. The first-order chi connectivity index (χ1) is 8.89. The fourth-order valence-corrected chi connectivity index (χ4v) is 1.28. The normalized spacial score (nSPS) is 11.1. The minimum Gasteiger partial charge on any atom is -0.397 e. The molecule has 19 heavy (non-hydrogen) atoms. The molecular weight excluding hydrogens is 261 g/mol. The lowest BCUT2D eigenvalue weighted by molar-refractivity contribution is -0.173. The van der Waals surface area contributed by atoms with Gasteiger partial charge >= 0.3 is 12.1 Å². The lowest BCUT2D eigenvalue weighted by Crippen LogP contribution is -2.37. The number of carbonyl (C=O) groups is 1. The molecule has 0 unspecified atom stereocenters. The van der Waals surface area contributed by atoms with Gasteiger partial charge in [0.2, 0.25) is 0 Å². The van der Waals surface area contributed by atoms with Crippen molar-refractivity contribution in [1.29, 1.82) is 0 Å². The molecule has 4 N–H and O–H groups in total. The van der Waals surface area contributed by atoms with Crippen LogP contribution in [0.15, 0.2) is 18.3 Å². The van der Waals surface area contributed by atoms with Crippen molar-refractivity contribution in [2.45, 2.75) is 19.0 Å². The number of halogens is 3. The highest BCUT2D eigenvalue weighted by atomic mass is 19.4. The predicted molar refractivity (Wildman–Crippen MR) is 65.4 cm³/mol. The summed E-state index contributed by atoms with van der Waals surface area (Å²) in [7, 11) is 0. The van der Waals surface area contributed by atoms with Crippen LogP contribution in [0.5, 0.6) is 0 Å². The second kappa shape index (κ2) is 6.81. The van der Waals surface area contributed by atoms with Crippen LogP contribution >= 0.6 is 0 Å². The number of pyridine rings is 1. The zero-order valence-corrected chi connectivity index (χ0v) is 10.1. The molecule has 0 aliphatic carbocycles. The minimum atomic E-state index is -4.81. The monoisotopic (exact) mass is 276 g/mol. The van der Waals surface area contributed by atoms with E-state index in [2.05, 4.69) is 10.3 Å². The smallest absolute Gasteiger partial charge is 0.397 e. The largest absolute Gasteiger partial charge is 0.471 e. The van der Waals surface area contributed by atoms with Crippen molar-refractivity contribution in [3.63, 3.8) is 0 Å². The average Bonchev–Trinajstić information content (AvgIpc) is 2.34. The number of carbonyl (C=O) groups excluding carboxylic acids is 1. The molecule has 1 rings (SSSR count). The van der Waals surface area contributed by atoms with Crippen molar-refractivity contribution in [3.05, 3.63) is 18.3 Å². The van der Waals surface area contributed by atoms with Gasteiger partial charge in [0.1, 0.15) is 5.82 Å². The van der Waals surface area contributed by atoms with Crippen LogP contribution in [-0.2, 0) is 4.79 Å². The Labute approximate surface area is 108 Å². The summed E-state index contributed by atoms with van der Waals surface area (Å²) in [5.41, 5.74) is 6.02. The summed E-state index contributed by atoms with van der Waals surface area (Å²) in [6.45, 7) is 0.550. The van der Waals surface area contributed by atoms with Crippen molar-refractivity contribution in [2.24, 2.45) is 0 Å². The molecule has 1 aromatic rings. The summed E-state index contributed by atoms with van der Waals surface area (Å²) in [6.07, 6.45) is -2.24. The molecule has 0 saturated heterocycles. The van der Waals surface area contributed by atoms with E-state index in [0.29, 0.717) is 30.9 Å². The number of hydrogen-bond donors (Lipinski definition) is 3. The van der Waals surface area contributed by atoms with E-state index in [1.807, 2.05) is 0 Å². The molecule has 0 aromatic carbocycles. The highest BCUT2D eigenvalue weighted by Crippen LogP contribution is 2.13. The van der Waals surface area contributed by atoms with Gasteiger partial charge in [-0.1, -0.05) is 0 Å². The highest BCUT2D eigenvalue weighted by molar-refractivity contribution is 5.81. The molecule has 5 nitrogen and oxygen atoms in total. The molecule has 1 amide bonds. The Kier molecular flexibility index (Phi) is 5.40. The van der Waals surface area contributed by atoms with Crippen molar-refractivity contribution >= 4 is 17.4 Å². The fraction of sp³-hybridized carbons (Fsp3) is 0.455. The van der Waals surface area contributed by atoms with E-state index in [-0.39, 0.29) is 6.54 Å². The lowest BCUT2D eigenvalue weighted by atomic mass is 10.3. The Hall–Kier alpha value is -1.99. The van der Waals surface area contributed by atoms with Gasteiger partial charge in [-0.2, -0.15) is 13.2 Å². The van der Waals surface area contributed by atoms with Crippen LogP contribution in [0.3, 0.4) is 0 Å². The van der Waals surface area contributed by atoms with Gasteiger partial charge in [-0.05, 0) is 25.0 Å². The van der Waals surface area contributed by atoms with E-state index >= 15 is 0 Å². The third-order valence-corrected chi connectivity index (χ3v) is 2.24. The fourth-order valence-electron chi connectivity index (χ4n) is 1.28. The molecule has 0 fully saturated rings. The Morgan fingerprint density at radius 3 is 2.53 bits per heavy atom. The van der Waals surface area contributed by atoms with Crippen LogP contribution in [0, 0.1) is 0 Å². The van der Waals surface area contributed by atoms with Crippen molar-refractivity contribution in [2.75, 3.05) is 24.1 Å². The molecule has 1 heterocycles. The number of nitrogens with zero attached hydrogens (tertiary/aromatic N) is 1. The van der Waals surface area contributed by atoms with E-state index in [1.54, 1.807) is 17.4 Å². The summed E-state index contributed by atoms with van der Waals surface area (Å²) in [6, 6.07) is 3.40. The highest BCUT2D eigenvalue weighted by Gasteiger charge is 2.38. The van der Waals surface area contributed by atoms with Gasteiger partial charge in [0.15, 0.2) is 0 Å². The van der Waals surface area contributed by atoms with Crippen LogP contribution in [0.25, 0.3) is 0 Å². The summed E-state index contributed by atoms with van der Waals surface area (Å²) < 4.78 is 35.5. The molecule has 0 aliphatic heterocycles. The van der Waals surface area contributed by atoms with Gasteiger partial charge in [0, 0.05) is 13.1 Å². The Morgan fingerprint density at radius 2 is 1.95 bits per heavy atom. The standard InChI is InChI=1S/C11H15F3N4O/c12-11(13,14)10(19)17-6-2-1-5-16-9-4-3-8(15)7-18-9/h3-4,7H,1-2,5-6,15H2,(H,16,18)(H,17,19). The summed E-state index contributed by atoms with van der Waals surface area (Å²) >= 11 is 0. The Balaban J connectivity index is 2.09. The van der Waals surface area contributed by atoms with Gasteiger partial charge < -0.3 is 16.4 Å². The van der Waals surface area contributed by atoms with Crippen LogP contribution < -0.4 is 16.4 Å². The maximum absolute atomic E-state index is 11.8. The quantitative estimate of drug-likeness (QED) is 0.688. The molecule has 106 valence electrons. The second-order valence-corrected chi connectivity index (χ2v) is 3.86. The summed E-state index contributed by atoms with van der Waals surface area (Å²) in [5.74, 6) is -1.26. The number of alkyl halides is 3. The van der Waals surface area contributed by atoms with Crippen LogP contribution in [-0.4, -0.2) is 30.2 Å². The van der Waals surface area contributed by atoms with Crippen LogP contribution in [0.4, 0.5) is 24.7 Å². The molecule has 0 saturated carbocycles. The molecule has 0 atom stereocenters. The molecule has 0 spiro atoms. The number of rotatable bonds is 6. The zero-order chi connectivity index (χ0) is 14.3. The Morgan fingerprint density at radius 1 is 1.26 bits per heavy atom. The molecule has 1 aromatic heterocycles. The van der Waals surface area contributed by atoms with Crippen molar-refractivity contribution in [3.8, 4) is 0 Å². The second-order valence-electron chi connectivity index (χ2n) is 3.86. The number of nitrogen functional groups attached to an aromatic ring is 1. The van der Waals surface area contributed by atoms with Gasteiger partial charge in [0.05, 0.1) is 11.9 Å². The van der Waals surface area contributed by atoms with E-state index in [9.17, 15) is 18.0 Å². The van der Waals surface area contributed by atoms with E-state index in [0.717, 1.165) is 0 Å². The molecule has 0 aliphatic rings. The number of nitrogens with one attached hydrogen (secondary N) is 2. The third-order valence-electron chi connectivity index (χ3n) is 2.24. The molecule has 0 bridgehead atoms. The maximum Gasteiger partial charge on any atom is 0.471 e. The molecule has 0 radical (unpaired) electrons. The van der Waals surface area contributed by atoms with E-state index in [1.165, 1.54) is 6.20 Å². The Bertz CT molecular complexity index is 405. The SMILES string of the molecule is Nc1ccc(NCCCCNC(=O)C(F)(F)F)nc1. The van der Waals surface area contributed by atoms with E-state index in [4.69, 9.17) is 5.73 Å². The first kappa shape index (κ1) is 15.1. The average molecular weight is 276 g/mol. The third kappa shape index (κ3) is 5.94. The maximum atomic E-state index is 11.8. The van der Waals surface area contributed by atoms with Gasteiger partial charge in [-0.3, -0.25) is 4.79 Å². The summed E-state index contributed by atoms with van der Waals surface area (Å²) in [4.78, 5) is 14.5. The van der Waals surface area contributed by atoms with Crippen LogP contribution in [0.2, 0.25) is 0 Å². The van der Waals surface area contributed by atoms with Crippen molar-refractivity contribution in [1.82, 2.24) is 10.3 Å². The zero-order valence-electron chi connectivity index (χ0n) is 10.1. The van der Waals surface area contributed by atoms with Gasteiger partial charge in [-0.25, -0.2) is 4.98 Å². The van der Waals surface area contributed by atoms with Crippen LogP contribution in [0.1, 0.15) is 12.8 Å². The van der Waals surface area contributed by atoms with Gasteiger partial charge in [-0.15, -0.1) is 0 Å². The topological polar surface area (TPSA) is 80.0 Å². The lowest BCUT2D eigenvalue weighted by Gasteiger charge is -2.08. The first-order valence-corrected chi connectivity index (χ1v) is 5.70. The number of unbranched alkanes of at least 4 members (excludes halogenated alkanes) is 1. The predicted octanol–water partition coefficient (Wildman–Crippen LogP) is 1.53. The van der Waals surface area contributed by atoms with Gasteiger partial charge in [0.25, 0.3) is 0 Å². The van der Waals surface area contributed by atoms with E-state index < -0.39 is 12.1 Å². The minimum absolute atomic E-state index is 0.00477. The number of nitrogens with two attached hydrogens (primary N) is 1.